The lowest BCUT2D eigenvalue weighted by molar-refractivity contribution is 0.608. The maximum Gasteiger partial charge on any atom is 0.266 e. The molecule has 1 heterocycles. The van der Waals surface area contributed by atoms with Gasteiger partial charge in [-0.3, -0.25) is 0 Å². The van der Waals surface area contributed by atoms with Crippen LogP contribution in [0.2, 0.25) is 10.2 Å². The molecule has 0 aliphatic carbocycles. The third-order valence-electron chi connectivity index (χ3n) is 2.83. The Kier molecular flexibility index (Phi) is 4.35. The van der Waals surface area contributed by atoms with Crippen LogP contribution >= 0.6 is 33.9 Å². The fraction of sp³-hybridized carbons (Fsp3) is 0.250. The van der Waals surface area contributed by atoms with Gasteiger partial charge >= 0.3 is 0 Å². The van der Waals surface area contributed by atoms with Gasteiger partial charge in [0.2, 0.25) is 0 Å². The van der Waals surface area contributed by atoms with Gasteiger partial charge in [0.15, 0.2) is 5.15 Å². The zero-order valence-electron chi connectivity index (χ0n) is 10.7. The minimum absolute atomic E-state index is 0.0447. The van der Waals surface area contributed by atoms with Crippen LogP contribution in [0.25, 0.3) is 5.69 Å². The molecule has 2 rings (SSSR count). The average Bonchev–Trinajstić information content (AvgIpc) is 2.69. The highest BCUT2D eigenvalue weighted by atomic mass is 35.7. The van der Waals surface area contributed by atoms with E-state index in [0.29, 0.717) is 22.8 Å². The quantitative estimate of drug-likeness (QED) is 0.784. The van der Waals surface area contributed by atoms with Crippen LogP contribution in [0.4, 0.5) is 0 Å². The van der Waals surface area contributed by atoms with E-state index in [2.05, 4.69) is 5.10 Å². The fourth-order valence-corrected chi connectivity index (χ4v) is 3.87. The average molecular weight is 354 g/mol. The lowest BCUT2D eigenvalue weighted by Gasteiger charge is -2.05. The van der Waals surface area contributed by atoms with Gasteiger partial charge in [-0.1, -0.05) is 36.2 Å². The Morgan fingerprint density at radius 1 is 1.30 bits per heavy atom. The summed E-state index contributed by atoms with van der Waals surface area (Å²) >= 11 is 12.2. The maximum absolute atomic E-state index is 11.6. The van der Waals surface area contributed by atoms with Crippen LogP contribution in [-0.4, -0.2) is 18.2 Å². The van der Waals surface area contributed by atoms with Crippen molar-refractivity contribution in [3.8, 4) is 5.69 Å². The van der Waals surface area contributed by atoms with Gasteiger partial charge in [0, 0.05) is 15.7 Å². The Morgan fingerprint density at radius 3 is 2.40 bits per heavy atom. The second kappa shape index (κ2) is 5.56. The van der Waals surface area contributed by atoms with Gasteiger partial charge in [-0.2, -0.15) is 5.10 Å². The standard InChI is InChI=1S/C12H11Cl3N2O2S/c1-3-10-11(20(15,18)19)12(14)17(16-10)8-5-4-7(2)9(13)6-8/h4-6H,3H2,1-2H3. The summed E-state index contributed by atoms with van der Waals surface area (Å²) in [5.41, 5.74) is 1.80. The van der Waals surface area contributed by atoms with Crippen LogP contribution in [0.3, 0.4) is 0 Å². The van der Waals surface area contributed by atoms with Crippen molar-refractivity contribution >= 4 is 42.9 Å². The van der Waals surface area contributed by atoms with E-state index in [1.807, 2.05) is 6.92 Å². The Hall–Kier alpha value is -0.750. The van der Waals surface area contributed by atoms with E-state index in [1.54, 1.807) is 25.1 Å². The first-order chi connectivity index (χ1) is 9.25. The number of halogens is 3. The second-order valence-electron chi connectivity index (χ2n) is 4.20. The fourth-order valence-electron chi connectivity index (χ4n) is 1.78. The molecule has 20 heavy (non-hydrogen) atoms. The number of nitrogens with zero attached hydrogens (tertiary/aromatic N) is 2. The summed E-state index contributed by atoms with van der Waals surface area (Å²) in [6, 6.07) is 5.22. The molecule has 8 heteroatoms. The van der Waals surface area contributed by atoms with Crippen molar-refractivity contribution in [2.24, 2.45) is 0 Å². The highest BCUT2D eigenvalue weighted by molar-refractivity contribution is 8.13. The van der Waals surface area contributed by atoms with Crippen molar-refractivity contribution in [2.75, 3.05) is 0 Å². The molecule has 0 saturated heterocycles. The maximum atomic E-state index is 11.6. The summed E-state index contributed by atoms with van der Waals surface area (Å²) in [5.74, 6) is 0. The molecular weight excluding hydrogens is 343 g/mol. The lowest BCUT2D eigenvalue weighted by Crippen LogP contribution is -1.98. The van der Waals surface area contributed by atoms with Crippen LogP contribution in [-0.2, 0) is 15.5 Å². The van der Waals surface area contributed by atoms with Gasteiger partial charge in [0.1, 0.15) is 4.90 Å². The van der Waals surface area contributed by atoms with Crippen molar-refractivity contribution in [3.05, 3.63) is 39.6 Å². The smallest absolute Gasteiger partial charge is 0.220 e. The van der Waals surface area contributed by atoms with Gasteiger partial charge in [0.05, 0.1) is 11.4 Å². The summed E-state index contributed by atoms with van der Waals surface area (Å²) in [4.78, 5) is -0.153. The van der Waals surface area contributed by atoms with Gasteiger partial charge in [-0.15, -0.1) is 0 Å². The van der Waals surface area contributed by atoms with Crippen LogP contribution in [0.15, 0.2) is 23.1 Å². The predicted octanol–water partition coefficient (Wildman–Crippen LogP) is 3.98. The molecule has 2 aromatic rings. The van der Waals surface area contributed by atoms with Crippen molar-refractivity contribution in [1.82, 2.24) is 9.78 Å². The summed E-state index contributed by atoms with van der Waals surface area (Å²) in [5, 5.41) is 4.70. The molecule has 108 valence electrons. The van der Waals surface area contributed by atoms with Crippen molar-refractivity contribution in [1.29, 1.82) is 0 Å². The first kappa shape index (κ1) is 15.6. The monoisotopic (exact) mass is 352 g/mol. The SMILES string of the molecule is CCc1nn(-c2ccc(C)c(Cl)c2)c(Cl)c1S(=O)(=O)Cl. The predicted molar refractivity (Wildman–Crippen MR) is 80.7 cm³/mol. The molecule has 0 aliphatic rings. The van der Waals surface area contributed by atoms with E-state index in [1.165, 1.54) is 4.68 Å². The van der Waals surface area contributed by atoms with Crippen LogP contribution < -0.4 is 0 Å². The first-order valence-electron chi connectivity index (χ1n) is 5.74. The van der Waals surface area contributed by atoms with E-state index in [-0.39, 0.29) is 10.0 Å². The Balaban J connectivity index is 2.70. The Morgan fingerprint density at radius 2 is 1.95 bits per heavy atom. The number of hydrogen-bond acceptors (Lipinski definition) is 3. The third kappa shape index (κ3) is 2.81. The van der Waals surface area contributed by atoms with Gasteiger partial charge in [-0.25, -0.2) is 13.1 Å². The molecule has 0 fully saturated rings. The number of benzene rings is 1. The molecule has 0 N–H and O–H groups in total. The van der Waals surface area contributed by atoms with Crippen molar-refractivity contribution in [2.45, 2.75) is 25.2 Å². The topological polar surface area (TPSA) is 52.0 Å². The molecule has 0 saturated carbocycles. The van der Waals surface area contributed by atoms with E-state index in [4.69, 9.17) is 33.9 Å². The van der Waals surface area contributed by atoms with E-state index in [0.717, 1.165) is 5.56 Å². The number of aromatic nitrogens is 2. The van der Waals surface area contributed by atoms with E-state index < -0.39 is 9.05 Å². The van der Waals surface area contributed by atoms with Crippen LogP contribution in [0.1, 0.15) is 18.2 Å². The molecule has 0 spiro atoms. The summed E-state index contributed by atoms with van der Waals surface area (Å²) in [6.07, 6.45) is 0.396. The largest absolute Gasteiger partial charge is 0.266 e. The number of hydrogen-bond donors (Lipinski definition) is 0. The number of rotatable bonds is 3. The molecule has 0 amide bonds. The highest BCUT2D eigenvalue weighted by Crippen LogP contribution is 2.31. The van der Waals surface area contributed by atoms with Gasteiger partial charge in [0.25, 0.3) is 9.05 Å². The zero-order valence-corrected chi connectivity index (χ0v) is 13.8. The Labute approximate surface area is 131 Å². The molecule has 0 aliphatic heterocycles. The van der Waals surface area contributed by atoms with Crippen LogP contribution in [0, 0.1) is 6.92 Å². The van der Waals surface area contributed by atoms with Crippen molar-refractivity contribution in [3.63, 3.8) is 0 Å². The minimum Gasteiger partial charge on any atom is -0.220 e. The second-order valence-corrected chi connectivity index (χ2v) is 7.47. The Bertz CT molecular complexity index is 769. The number of aryl methyl sites for hydroxylation is 2. The molecule has 1 aromatic carbocycles. The molecule has 0 unspecified atom stereocenters. The van der Waals surface area contributed by atoms with Crippen LogP contribution in [0.5, 0.6) is 0 Å². The van der Waals surface area contributed by atoms with E-state index in [9.17, 15) is 8.42 Å². The summed E-state index contributed by atoms with van der Waals surface area (Å²) in [7, 11) is 1.46. The third-order valence-corrected chi connectivity index (χ3v) is 5.08. The van der Waals surface area contributed by atoms with Gasteiger partial charge < -0.3 is 0 Å². The first-order valence-corrected chi connectivity index (χ1v) is 8.80. The molecule has 0 bridgehead atoms. The normalized spacial score (nSPS) is 11.8. The molecular formula is C12H11Cl3N2O2S. The summed E-state index contributed by atoms with van der Waals surface area (Å²) in [6.45, 7) is 3.64. The molecule has 0 radical (unpaired) electrons. The molecule has 0 atom stereocenters. The molecule has 1 aromatic heterocycles. The zero-order chi connectivity index (χ0) is 15.1. The minimum atomic E-state index is -3.96. The highest BCUT2D eigenvalue weighted by Gasteiger charge is 2.26. The lowest BCUT2D eigenvalue weighted by atomic mass is 10.2. The van der Waals surface area contributed by atoms with E-state index >= 15 is 0 Å². The summed E-state index contributed by atoms with van der Waals surface area (Å²) < 4.78 is 24.5. The molecule has 4 nitrogen and oxygen atoms in total. The van der Waals surface area contributed by atoms with Crippen molar-refractivity contribution < 1.29 is 8.42 Å². The van der Waals surface area contributed by atoms with Gasteiger partial charge in [-0.05, 0) is 31.0 Å².